The molecule has 0 unspecified atom stereocenters. The van der Waals surface area contributed by atoms with Gasteiger partial charge in [0.1, 0.15) is 0 Å². The summed E-state index contributed by atoms with van der Waals surface area (Å²) >= 11 is 0. The van der Waals surface area contributed by atoms with Gasteiger partial charge in [-0.3, -0.25) is 0 Å². The summed E-state index contributed by atoms with van der Waals surface area (Å²) in [5.74, 6) is 0. The van der Waals surface area contributed by atoms with Crippen LogP contribution in [0, 0.1) is 0 Å². The van der Waals surface area contributed by atoms with Crippen LogP contribution in [-0.4, -0.2) is 0 Å². The van der Waals surface area contributed by atoms with Gasteiger partial charge in [0.05, 0.1) is 0 Å². The predicted molar refractivity (Wildman–Crippen MR) is 74.3 cm³/mol. The van der Waals surface area contributed by atoms with Gasteiger partial charge in [-0.25, -0.2) is 0 Å². The van der Waals surface area contributed by atoms with Crippen molar-refractivity contribution in [2.75, 3.05) is 0 Å². The highest BCUT2D eigenvalue weighted by Crippen LogP contribution is 1.97. The third-order valence-corrected chi connectivity index (χ3v) is 1.70. The Morgan fingerprint density at radius 3 is 1.25 bits per heavy atom. The zero-order valence-corrected chi connectivity index (χ0v) is 10.1. The molecule has 0 aromatic heterocycles. The molecule has 84 valence electrons. The van der Waals surface area contributed by atoms with Crippen molar-refractivity contribution in [3.05, 3.63) is 78.9 Å². The second-order valence-electron chi connectivity index (χ2n) is 2.77. The van der Waals surface area contributed by atoms with Crippen LogP contribution in [0.5, 0.6) is 0 Å². The molecule has 2 rings (SSSR count). The highest BCUT2D eigenvalue weighted by Gasteiger charge is 1.75. The van der Waals surface area contributed by atoms with Gasteiger partial charge in [0.2, 0.25) is 0 Å². The molecule has 0 saturated carbocycles. The van der Waals surface area contributed by atoms with Crippen molar-refractivity contribution in [3.63, 3.8) is 0 Å². The normalized spacial score (nSPS) is 7.62. The van der Waals surface area contributed by atoms with Crippen LogP contribution in [0.4, 0.5) is 0 Å². The lowest BCUT2D eigenvalue weighted by Crippen LogP contribution is -1.63. The van der Waals surface area contributed by atoms with E-state index in [0.717, 1.165) is 0 Å². The van der Waals surface area contributed by atoms with E-state index >= 15 is 0 Å². The molecule has 0 radical (unpaired) electrons. The summed E-state index contributed by atoms with van der Waals surface area (Å²) in [6.45, 7) is 7.63. The highest BCUT2D eigenvalue weighted by molar-refractivity contribution is 5.45. The van der Waals surface area contributed by atoms with Gasteiger partial charge in [0.25, 0.3) is 0 Å². The Balaban J connectivity index is 0.000000251. The summed E-state index contributed by atoms with van der Waals surface area (Å²) in [6.07, 6.45) is 1.83. The van der Waals surface area contributed by atoms with E-state index in [2.05, 4.69) is 6.58 Å². The van der Waals surface area contributed by atoms with Crippen LogP contribution in [0.15, 0.2) is 73.3 Å². The minimum absolute atomic E-state index is 1.17. The minimum Gasteiger partial charge on any atom is -0.0985 e. The molecule has 0 bridgehead atoms. The van der Waals surface area contributed by atoms with Crippen LogP contribution in [0.3, 0.4) is 0 Å². The maximum absolute atomic E-state index is 3.63. The Bertz CT molecular complexity index is 308. The molecule has 0 N–H and O–H groups in total. The van der Waals surface area contributed by atoms with Crippen LogP contribution in [0.1, 0.15) is 19.4 Å². The molecule has 0 saturated heterocycles. The lowest BCUT2D eigenvalue weighted by atomic mass is 10.2. The average molecular weight is 212 g/mol. The molecule has 2 aromatic rings. The third kappa shape index (κ3) is 7.57. The van der Waals surface area contributed by atoms with E-state index in [9.17, 15) is 0 Å². The monoisotopic (exact) mass is 212 g/mol. The second-order valence-corrected chi connectivity index (χ2v) is 2.77. The summed E-state index contributed by atoms with van der Waals surface area (Å²) in [4.78, 5) is 0. The van der Waals surface area contributed by atoms with Gasteiger partial charge < -0.3 is 0 Å². The molecular weight excluding hydrogens is 192 g/mol. The summed E-state index contributed by atoms with van der Waals surface area (Å²) in [5, 5.41) is 0. The molecule has 0 aliphatic heterocycles. The molecule has 0 spiro atoms. The van der Waals surface area contributed by atoms with Crippen LogP contribution in [0.2, 0.25) is 0 Å². The van der Waals surface area contributed by atoms with E-state index in [1.807, 2.05) is 86.7 Å². The van der Waals surface area contributed by atoms with Gasteiger partial charge in [0.15, 0.2) is 0 Å². The van der Waals surface area contributed by atoms with Crippen molar-refractivity contribution in [3.8, 4) is 0 Å². The van der Waals surface area contributed by atoms with Crippen LogP contribution < -0.4 is 0 Å². The summed E-state index contributed by atoms with van der Waals surface area (Å²) in [5.41, 5.74) is 1.17. The topological polar surface area (TPSA) is 0 Å². The zero-order valence-electron chi connectivity index (χ0n) is 10.1. The standard InChI is InChI=1S/C8H8.C6H6.C2H6/c1-2-8-6-4-3-5-7-8;1-2-4-6-5-3-1;1-2/h2-7H,1H2;1-6H;1-2H3. The zero-order chi connectivity index (χ0) is 12.1. The largest absolute Gasteiger partial charge is 0.0985 e. The molecule has 0 aliphatic carbocycles. The lowest BCUT2D eigenvalue weighted by molar-refractivity contribution is 1.50. The maximum Gasteiger partial charge on any atom is -0.0263 e. The molecule has 0 heterocycles. The fourth-order valence-electron chi connectivity index (χ4n) is 0.974. The Labute approximate surface area is 99.3 Å². The van der Waals surface area contributed by atoms with Gasteiger partial charge >= 0.3 is 0 Å². The van der Waals surface area contributed by atoms with Crippen molar-refractivity contribution >= 4 is 6.08 Å². The van der Waals surface area contributed by atoms with Crippen molar-refractivity contribution in [2.24, 2.45) is 0 Å². The first-order valence-corrected chi connectivity index (χ1v) is 5.61. The van der Waals surface area contributed by atoms with Crippen molar-refractivity contribution < 1.29 is 0 Å². The van der Waals surface area contributed by atoms with Gasteiger partial charge in [0, 0.05) is 0 Å². The SMILES string of the molecule is C=Cc1ccccc1.CC.c1ccccc1. The van der Waals surface area contributed by atoms with Gasteiger partial charge in [-0.05, 0) is 5.56 Å². The van der Waals surface area contributed by atoms with E-state index < -0.39 is 0 Å². The smallest absolute Gasteiger partial charge is 0.0263 e. The minimum atomic E-state index is 1.17. The number of hydrogen-bond donors (Lipinski definition) is 0. The summed E-state index contributed by atoms with van der Waals surface area (Å²) in [7, 11) is 0. The van der Waals surface area contributed by atoms with Crippen molar-refractivity contribution in [1.29, 1.82) is 0 Å². The molecule has 2 aromatic carbocycles. The van der Waals surface area contributed by atoms with Gasteiger partial charge in [-0.2, -0.15) is 0 Å². The van der Waals surface area contributed by atoms with Crippen LogP contribution >= 0.6 is 0 Å². The average Bonchev–Trinajstić information content (AvgIpc) is 2.44. The first kappa shape index (κ1) is 14.2. The Hall–Kier alpha value is -1.82. The molecule has 0 fully saturated rings. The second kappa shape index (κ2) is 11.3. The molecule has 0 heteroatoms. The Morgan fingerprint density at radius 2 is 1.00 bits per heavy atom. The van der Waals surface area contributed by atoms with E-state index in [1.165, 1.54) is 5.56 Å². The number of rotatable bonds is 1. The quantitative estimate of drug-likeness (QED) is 0.621. The van der Waals surface area contributed by atoms with Crippen molar-refractivity contribution in [2.45, 2.75) is 13.8 Å². The van der Waals surface area contributed by atoms with E-state index in [4.69, 9.17) is 0 Å². The van der Waals surface area contributed by atoms with E-state index in [1.54, 1.807) is 0 Å². The number of benzene rings is 2. The molecule has 0 nitrogen and oxygen atoms in total. The van der Waals surface area contributed by atoms with Crippen molar-refractivity contribution in [1.82, 2.24) is 0 Å². The van der Waals surface area contributed by atoms with E-state index in [-0.39, 0.29) is 0 Å². The first-order valence-electron chi connectivity index (χ1n) is 5.61. The van der Waals surface area contributed by atoms with Crippen LogP contribution in [0.25, 0.3) is 6.08 Å². The molecule has 0 amide bonds. The lowest BCUT2D eigenvalue weighted by Gasteiger charge is -1.85. The van der Waals surface area contributed by atoms with E-state index in [0.29, 0.717) is 0 Å². The van der Waals surface area contributed by atoms with Gasteiger partial charge in [-0.1, -0.05) is 93.2 Å². The highest BCUT2D eigenvalue weighted by atomic mass is 13.8. The Kier molecular flexibility index (Phi) is 9.98. The van der Waals surface area contributed by atoms with Gasteiger partial charge in [-0.15, -0.1) is 0 Å². The Morgan fingerprint density at radius 1 is 0.688 bits per heavy atom. The predicted octanol–water partition coefficient (Wildman–Crippen LogP) is 5.04. The van der Waals surface area contributed by atoms with Crippen LogP contribution in [-0.2, 0) is 0 Å². The molecule has 0 aliphatic rings. The fourth-order valence-corrected chi connectivity index (χ4v) is 0.974. The summed E-state index contributed by atoms with van der Waals surface area (Å²) < 4.78 is 0. The molecule has 0 atom stereocenters. The summed E-state index contributed by atoms with van der Waals surface area (Å²) in [6, 6.07) is 22.0. The third-order valence-electron chi connectivity index (χ3n) is 1.70. The number of hydrogen-bond acceptors (Lipinski definition) is 0. The first-order chi connectivity index (χ1) is 7.93. The fraction of sp³-hybridized carbons (Fsp3) is 0.125. The molecular formula is C16H20. The maximum atomic E-state index is 3.63. The molecule has 16 heavy (non-hydrogen) atoms.